The minimum atomic E-state index is -0.285. The molecule has 2 aromatic rings. The van der Waals surface area contributed by atoms with E-state index >= 15 is 0 Å². The molecule has 0 bridgehead atoms. The van der Waals surface area contributed by atoms with E-state index in [1.807, 2.05) is 18.2 Å². The standard InChI is InChI=1S/C16H20N4O2S/c1-4-11-7-6-8-12(5-2)14(11)17-13(21)9-23-16-18-15(22)10(3)19-20-16/h6-8H,4-5,9H2,1-3H3,(H,17,21)(H,18,20,22). The molecule has 0 saturated heterocycles. The van der Waals surface area contributed by atoms with Gasteiger partial charge in [0.05, 0.1) is 5.75 Å². The number of carbonyl (C=O) groups is 1. The third-order valence-corrected chi connectivity index (χ3v) is 4.31. The van der Waals surface area contributed by atoms with E-state index in [0.717, 1.165) is 41.4 Å². The number of benzene rings is 1. The Kier molecular flexibility index (Phi) is 5.92. The minimum absolute atomic E-state index is 0.131. The lowest BCUT2D eigenvalue weighted by atomic mass is 10.0. The summed E-state index contributed by atoms with van der Waals surface area (Å²) in [5, 5.41) is 10.9. The minimum Gasteiger partial charge on any atom is -0.325 e. The number of H-pyrrole nitrogens is 1. The number of nitrogens with zero attached hydrogens (tertiary/aromatic N) is 2. The molecule has 0 aliphatic carbocycles. The summed E-state index contributed by atoms with van der Waals surface area (Å²) in [5.74, 6) is 0.0309. The maximum atomic E-state index is 12.2. The summed E-state index contributed by atoms with van der Waals surface area (Å²) in [4.78, 5) is 26.3. The van der Waals surface area contributed by atoms with E-state index < -0.39 is 0 Å². The summed E-state index contributed by atoms with van der Waals surface area (Å²) >= 11 is 1.16. The average Bonchev–Trinajstić information content (AvgIpc) is 2.56. The van der Waals surface area contributed by atoms with Gasteiger partial charge in [-0.2, -0.15) is 0 Å². The Balaban J connectivity index is 2.05. The van der Waals surface area contributed by atoms with Gasteiger partial charge in [0.2, 0.25) is 5.91 Å². The normalized spacial score (nSPS) is 10.6. The van der Waals surface area contributed by atoms with E-state index in [2.05, 4.69) is 34.3 Å². The fourth-order valence-corrected chi connectivity index (χ4v) is 2.76. The molecule has 6 nitrogen and oxygen atoms in total. The van der Waals surface area contributed by atoms with Crippen LogP contribution in [0.2, 0.25) is 0 Å². The van der Waals surface area contributed by atoms with E-state index in [9.17, 15) is 9.59 Å². The summed E-state index contributed by atoms with van der Waals surface area (Å²) < 4.78 is 0. The highest BCUT2D eigenvalue weighted by atomic mass is 32.2. The van der Waals surface area contributed by atoms with Gasteiger partial charge in [0.25, 0.3) is 5.56 Å². The van der Waals surface area contributed by atoms with Crippen molar-refractivity contribution in [2.45, 2.75) is 38.8 Å². The molecule has 0 saturated carbocycles. The van der Waals surface area contributed by atoms with E-state index in [1.165, 1.54) is 0 Å². The Labute approximate surface area is 139 Å². The first kappa shape index (κ1) is 17.2. The number of hydrogen-bond acceptors (Lipinski definition) is 5. The third-order valence-electron chi connectivity index (χ3n) is 3.44. The molecule has 1 amide bonds. The summed E-state index contributed by atoms with van der Waals surface area (Å²) in [7, 11) is 0. The number of nitrogens with one attached hydrogen (secondary N) is 2. The molecule has 1 aromatic carbocycles. The van der Waals surface area contributed by atoms with Gasteiger partial charge in [0, 0.05) is 5.69 Å². The van der Waals surface area contributed by atoms with Crippen molar-refractivity contribution in [2.75, 3.05) is 11.1 Å². The Morgan fingerprint density at radius 1 is 1.22 bits per heavy atom. The molecule has 7 heteroatoms. The summed E-state index contributed by atoms with van der Waals surface area (Å²) in [5.41, 5.74) is 3.15. The molecule has 1 aromatic heterocycles. The topological polar surface area (TPSA) is 87.7 Å². The summed E-state index contributed by atoms with van der Waals surface area (Å²) in [6.07, 6.45) is 1.71. The van der Waals surface area contributed by atoms with Crippen molar-refractivity contribution in [3.63, 3.8) is 0 Å². The van der Waals surface area contributed by atoms with Crippen LogP contribution in [0.25, 0.3) is 0 Å². The smallest absolute Gasteiger partial charge is 0.273 e. The lowest BCUT2D eigenvalue weighted by molar-refractivity contribution is -0.113. The maximum Gasteiger partial charge on any atom is 0.273 e. The predicted molar refractivity (Wildman–Crippen MR) is 91.9 cm³/mol. The molecule has 0 unspecified atom stereocenters. The Bertz CT molecular complexity index is 736. The number of anilines is 1. The van der Waals surface area contributed by atoms with Gasteiger partial charge in [0.1, 0.15) is 5.69 Å². The van der Waals surface area contributed by atoms with Crippen LogP contribution in [0.4, 0.5) is 5.69 Å². The maximum absolute atomic E-state index is 12.2. The second-order valence-corrected chi connectivity index (χ2v) is 6.00. The lowest BCUT2D eigenvalue weighted by Crippen LogP contribution is -2.18. The van der Waals surface area contributed by atoms with Crippen LogP contribution >= 0.6 is 11.8 Å². The van der Waals surface area contributed by atoms with Crippen LogP contribution in [-0.4, -0.2) is 26.8 Å². The molecular weight excluding hydrogens is 312 g/mol. The SMILES string of the molecule is CCc1cccc(CC)c1NC(=O)CSc1nnc(C)c(=O)[nH]1. The zero-order chi connectivity index (χ0) is 16.8. The number of thioether (sulfide) groups is 1. The Morgan fingerprint density at radius 2 is 1.87 bits per heavy atom. The Morgan fingerprint density at radius 3 is 2.43 bits per heavy atom. The van der Waals surface area contributed by atoms with Gasteiger partial charge in [-0.3, -0.25) is 14.6 Å². The van der Waals surface area contributed by atoms with Gasteiger partial charge in [-0.1, -0.05) is 43.8 Å². The molecule has 1 heterocycles. The number of rotatable bonds is 6. The van der Waals surface area contributed by atoms with Crippen molar-refractivity contribution in [3.05, 3.63) is 45.4 Å². The van der Waals surface area contributed by atoms with Crippen LogP contribution in [0, 0.1) is 6.92 Å². The van der Waals surface area contributed by atoms with Crippen molar-refractivity contribution in [1.29, 1.82) is 0 Å². The van der Waals surface area contributed by atoms with Crippen molar-refractivity contribution in [1.82, 2.24) is 15.2 Å². The highest BCUT2D eigenvalue weighted by Gasteiger charge is 2.11. The highest BCUT2D eigenvalue weighted by molar-refractivity contribution is 7.99. The van der Waals surface area contributed by atoms with Crippen LogP contribution in [-0.2, 0) is 17.6 Å². The van der Waals surface area contributed by atoms with Crippen LogP contribution in [0.3, 0.4) is 0 Å². The van der Waals surface area contributed by atoms with E-state index in [4.69, 9.17) is 0 Å². The molecule has 0 spiro atoms. The van der Waals surface area contributed by atoms with Gasteiger partial charge in [0.15, 0.2) is 5.16 Å². The van der Waals surface area contributed by atoms with Crippen LogP contribution in [0.5, 0.6) is 0 Å². The largest absolute Gasteiger partial charge is 0.325 e. The van der Waals surface area contributed by atoms with E-state index in [-0.39, 0.29) is 17.2 Å². The molecule has 0 radical (unpaired) electrons. The fraction of sp³-hybridized carbons (Fsp3) is 0.375. The van der Waals surface area contributed by atoms with Gasteiger partial charge in [-0.05, 0) is 30.9 Å². The van der Waals surface area contributed by atoms with Crippen LogP contribution in [0.15, 0.2) is 28.2 Å². The molecule has 0 aliphatic rings. The number of carbonyl (C=O) groups excluding carboxylic acids is 1. The highest BCUT2D eigenvalue weighted by Crippen LogP contribution is 2.23. The zero-order valence-corrected chi connectivity index (χ0v) is 14.3. The zero-order valence-electron chi connectivity index (χ0n) is 13.5. The molecule has 122 valence electrons. The van der Waals surface area contributed by atoms with Gasteiger partial charge in [-0.25, -0.2) is 0 Å². The monoisotopic (exact) mass is 332 g/mol. The number of aromatic amines is 1. The Hall–Kier alpha value is -2.15. The van der Waals surface area contributed by atoms with Gasteiger partial charge in [-0.15, -0.1) is 10.2 Å². The molecule has 0 atom stereocenters. The first-order valence-electron chi connectivity index (χ1n) is 7.52. The van der Waals surface area contributed by atoms with Crippen molar-refractivity contribution in [3.8, 4) is 0 Å². The van der Waals surface area contributed by atoms with Crippen molar-refractivity contribution < 1.29 is 4.79 Å². The van der Waals surface area contributed by atoms with E-state index in [0.29, 0.717) is 10.9 Å². The quantitative estimate of drug-likeness (QED) is 0.793. The first-order chi connectivity index (χ1) is 11.0. The van der Waals surface area contributed by atoms with Crippen molar-refractivity contribution in [2.24, 2.45) is 0 Å². The number of para-hydroxylation sites is 1. The van der Waals surface area contributed by atoms with Gasteiger partial charge >= 0.3 is 0 Å². The van der Waals surface area contributed by atoms with Crippen LogP contribution in [0.1, 0.15) is 30.7 Å². The molecule has 2 rings (SSSR count). The molecule has 0 fully saturated rings. The predicted octanol–water partition coefficient (Wildman–Crippen LogP) is 2.33. The summed E-state index contributed by atoms with van der Waals surface area (Å²) in [6, 6.07) is 6.05. The molecule has 23 heavy (non-hydrogen) atoms. The number of aromatic nitrogens is 3. The summed E-state index contributed by atoms with van der Waals surface area (Å²) in [6.45, 7) is 5.71. The average molecular weight is 332 g/mol. The third kappa shape index (κ3) is 4.41. The van der Waals surface area contributed by atoms with Crippen molar-refractivity contribution >= 4 is 23.4 Å². The van der Waals surface area contributed by atoms with Gasteiger partial charge < -0.3 is 5.32 Å². The molecule has 0 aliphatic heterocycles. The first-order valence-corrected chi connectivity index (χ1v) is 8.50. The molecule has 2 N–H and O–H groups in total. The number of amides is 1. The second-order valence-electron chi connectivity index (χ2n) is 5.04. The number of aryl methyl sites for hydroxylation is 3. The van der Waals surface area contributed by atoms with Crippen LogP contribution < -0.4 is 10.9 Å². The fourth-order valence-electron chi connectivity index (χ4n) is 2.16. The van der Waals surface area contributed by atoms with E-state index in [1.54, 1.807) is 6.92 Å². The lowest BCUT2D eigenvalue weighted by Gasteiger charge is -2.14. The number of hydrogen-bond donors (Lipinski definition) is 2. The second kappa shape index (κ2) is 7.92. The molecular formula is C16H20N4O2S.